The Balaban J connectivity index is 1.89. The minimum absolute atomic E-state index is 0.207. The third-order valence-electron chi connectivity index (χ3n) is 2.90. The number of hydrogen-bond acceptors (Lipinski definition) is 5. The van der Waals surface area contributed by atoms with E-state index in [1.54, 1.807) is 0 Å². The van der Waals surface area contributed by atoms with Gasteiger partial charge in [0.05, 0.1) is 0 Å². The van der Waals surface area contributed by atoms with Gasteiger partial charge in [0.1, 0.15) is 15.2 Å². The second-order valence-electron chi connectivity index (χ2n) is 4.21. The summed E-state index contributed by atoms with van der Waals surface area (Å²) >= 11 is 0.995. The average molecular weight is 285 g/mol. The quantitative estimate of drug-likeness (QED) is 0.847. The lowest BCUT2D eigenvalue weighted by Crippen LogP contribution is -2.30. The fourth-order valence-electron chi connectivity index (χ4n) is 1.97. The molecule has 0 aromatic carbocycles. The summed E-state index contributed by atoms with van der Waals surface area (Å²) in [7, 11) is -3.45. The molecule has 0 radical (unpaired) electrons. The summed E-state index contributed by atoms with van der Waals surface area (Å²) in [5.41, 5.74) is 0. The summed E-state index contributed by atoms with van der Waals surface area (Å²) in [6.45, 7) is 1.45. The number of nitrogens with one attached hydrogen (secondary N) is 2. The van der Waals surface area contributed by atoms with Crippen molar-refractivity contribution in [2.45, 2.75) is 29.5 Å². The van der Waals surface area contributed by atoms with Crippen LogP contribution in [0.15, 0.2) is 16.3 Å². The van der Waals surface area contributed by atoms with Crippen molar-refractivity contribution < 1.29 is 8.42 Å². The van der Waals surface area contributed by atoms with Crippen LogP contribution in [0.4, 0.5) is 0 Å². The Hall–Kier alpha value is -0.940. The maximum atomic E-state index is 11.9. The Morgan fingerprint density at radius 1 is 1.56 bits per heavy atom. The summed E-state index contributed by atoms with van der Waals surface area (Å²) in [4.78, 5) is 0.410. The fraction of sp³-hybridized carbons (Fsp3) is 0.545. The van der Waals surface area contributed by atoms with Gasteiger partial charge in [0.15, 0.2) is 0 Å². The molecule has 1 aliphatic rings. The summed E-state index contributed by atoms with van der Waals surface area (Å²) in [6, 6.07) is 5.36. The van der Waals surface area contributed by atoms with Crippen molar-refractivity contribution in [3.63, 3.8) is 0 Å². The molecule has 1 atom stereocenters. The van der Waals surface area contributed by atoms with Crippen molar-refractivity contribution in [3.8, 4) is 6.07 Å². The van der Waals surface area contributed by atoms with E-state index in [4.69, 9.17) is 5.26 Å². The maximum Gasteiger partial charge on any atom is 0.250 e. The van der Waals surface area contributed by atoms with E-state index in [-0.39, 0.29) is 4.21 Å². The minimum Gasteiger partial charge on any atom is -0.314 e. The molecule has 0 amide bonds. The smallest absolute Gasteiger partial charge is 0.250 e. The molecular formula is C11H15N3O2S2. The highest BCUT2D eigenvalue weighted by molar-refractivity contribution is 7.91. The summed E-state index contributed by atoms with van der Waals surface area (Å²) in [5, 5.41) is 12.0. The molecular weight excluding hydrogens is 270 g/mol. The molecule has 7 heteroatoms. The zero-order valence-electron chi connectivity index (χ0n) is 9.85. The molecule has 5 nitrogen and oxygen atoms in total. The van der Waals surface area contributed by atoms with Crippen molar-refractivity contribution in [1.82, 2.24) is 10.0 Å². The van der Waals surface area contributed by atoms with Crippen LogP contribution in [0.1, 0.15) is 24.1 Å². The largest absolute Gasteiger partial charge is 0.314 e. The molecule has 1 saturated heterocycles. The standard InChI is InChI=1S/C11H15N3O2S2/c12-8-10-3-4-11(17-10)18(15,16)14-7-5-9-2-1-6-13-9/h3-4,9,13-14H,1-2,5-7H2/t9-/m0/s1. The van der Waals surface area contributed by atoms with Crippen molar-refractivity contribution in [2.75, 3.05) is 13.1 Å². The zero-order chi connectivity index (χ0) is 13.0. The lowest BCUT2D eigenvalue weighted by molar-refractivity contribution is 0.540. The maximum absolute atomic E-state index is 11.9. The van der Waals surface area contributed by atoms with Gasteiger partial charge in [0.25, 0.3) is 0 Å². The van der Waals surface area contributed by atoms with Gasteiger partial charge in [-0.1, -0.05) is 0 Å². The van der Waals surface area contributed by atoms with Crippen LogP contribution in [0, 0.1) is 11.3 Å². The van der Waals surface area contributed by atoms with Gasteiger partial charge in [-0.3, -0.25) is 0 Å². The third kappa shape index (κ3) is 3.29. The molecule has 1 fully saturated rings. The SMILES string of the molecule is N#Cc1ccc(S(=O)(=O)NCC[C@@H]2CCCN2)s1. The zero-order valence-corrected chi connectivity index (χ0v) is 11.5. The van der Waals surface area contributed by atoms with Gasteiger partial charge in [0, 0.05) is 12.6 Å². The minimum atomic E-state index is -3.45. The Morgan fingerprint density at radius 3 is 3.00 bits per heavy atom. The van der Waals surface area contributed by atoms with Gasteiger partial charge in [-0.15, -0.1) is 11.3 Å². The van der Waals surface area contributed by atoms with Crippen LogP contribution < -0.4 is 10.0 Å². The molecule has 0 aliphatic carbocycles. The van der Waals surface area contributed by atoms with E-state index in [9.17, 15) is 8.42 Å². The number of nitriles is 1. The van der Waals surface area contributed by atoms with E-state index < -0.39 is 10.0 Å². The molecule has 0 saturated carbocycles. The monoisotopic (exact) mass is 285 g/mol. The normalized spacial score (nSPS) is 19.8. The topological polar surface area (TPSA) is 82.0 Å². The van der Waals surface area contributed by atoms with Crippen LogP contribution in [0.2, 0.25) is 0 Å². The van der Waals surface area contributed by atoms with Crippen molar-refractivity contribution in [3.05, 3.63) is 17.0 Å². The molecule has 1 aromatic heterocycles. The highest BCUT2D eigenvalue weighted by Crippen LogP contribution is 2.20. The van der Waals surface area contributed by atoms with Gasteiger partial charge >= 0.3 is 0 Å². The van der Waals surface area contributed by atoms with E-state index in [0.717, 1.165) is 37.1 Å². The van der Waals surface area contributed by atoms with Crippen LogP contribution in [0.5, 0.6) is 0 Å². The molecule has 0 spiro atoms. The Labute approximate surface area is 111 Å². The van der Waals surface area contributed by atoms with Crippen LogP contribution in [0.3, 0.4) is 0 Å². The predicted octanol–water partition coefficient (Wildman–Crippen LogP) is 1.04. The highest BCUT2D eigenvalue weighted by Gasteiger charge is 2.18. The Kier molecular flexibility index (Phi) is 4.35. The average Bonchev–Trinajstić information content (AvgIpc) is 2.99. The van der Waals surface area contributed by atoms with Crippen molar-refractivity contribution in [2.24, 2.45) is 0 Å². The van der Waals surface area contributed by atoms with Gasteiger partial charge in [0.2, 0.25) is 10.0 Å². The third-order valence-corrected chi connectivity index (χ3v) is 5.85. The molecule has 0 unspecified atom stereocenters. The lowest BCUT2D eigenvalue weighted by atomic mass is 10.2. The number of thiophene rings is 1. The molecule has 0 bridgehead atoms. The second kappa shape index (κ2) is 5.80. The van der Waals surface area contributed by atoms with E-state index in [0.29, 0.717) is 17.5 Å². The molecule has 18 heavy (non-hydrogen) atoms. The van der Waals surface area contributed by atoms with Crippen LogP contribution in [-0.4, -0.2) is 27.5 Å². The van der Waals surface area contributed by atoms with Crippen molar-refractivity contribution in [1.29, 1.82) is 5.26 Å². The van der Waals surface area contributed by atoms with E-state index in [2.05, 4.69) is 10.0 Å². The van der Waals surface area contributed by atoms with Crippen molar-refractivity contribution >= 4 is 21.4 Å². The number of sulfonamides is 1. The highest BCUT2D eigenvalue weighted by atomic mass is 32.2. The lowest BCUT2D eigenvalue weighted by Gasteiger charge is -2.10. The van der Waals surface area contributed by atoms with Gasteiger partial charge in [-0.05, 0) is 37.9 Å². The molecule has 2 heterocycles. The molecule has 2 N–H and O–H groups in total. The summed E-state index contributed by atoms with van der Waals surface area (Å²) < 4.78 is 26.6. The van der Waals surface area contributed by atoms with Gasteiger partial charge < -0.3 is 5.32 Å². The fourth-order valence-corrected chi connectivity index (χ4v) is 4.16. The first-order valence-electron chi connectivity index (χ1n) is 5.85. The van der Waals surface area contributed by atoms with Crippen LogP contribution in [-0.2, 0) is 10.0 Å². The van der Waals surface area contributed by atoms with Crippen LogP contribution in [0.25, 0.3) is 0 Å². The van der Waals surface area contributed by atoms with E-state index >= 15 is 0 Å². The van der Waals surface area contributed by atoms with E-state index in [1.807, 2.05) is 6.07 Å². The first-order chi connectivity index (χ1) is 8.62. The Bertz CT molecular complexity index is 539. The predicted molar refractivity (Wildman–Crippen MR) is 69.9 cm³/mol. The molecule has 98 valence electrons. The van der Waals surface area contributed by atoms with Gasteiger partial charge in [-0.2, -0.15) is 5.26 Å². The summed E-state index contributed by atoms with van der Waals surface area (Å²) in [5.74, 6) is 0. The number of nitrogens with zero attached hydrogens (tertiary/aromatic N) is 1. The number of rotatable bonds is 5. The first-order valence-corrected chi connectivity index (χ1v) is 8.15. The summed E-state index contributed by atoms with van der Waals surface area (Å²) in [6.07, 6.45) is 3.07. The second-order valence-corrected chi connectivity index (χ2v) is 7.29. The van der Waals surface area contributed by atoms with Gasteiger partial charge in [-0.25, -0.2) is 13.1 Å². The number of hydrogen-bond donors (Lipinski definition) is 2. The molecule has 1 aromatic rings. The molecule has 2 rings (SSSR count). The van der Waals surface area contributed by atoms with Crippen LogP contribution >= 0.6 is 11.3 Å². The first kappa shape index (κ1) is 13.5. The molecule has 1 aliphatic heterocycles. The van der Waals surface area contributed by atoms with E-state index in [1.165, 1.54) is 12.1 Å². The Morgan fingerprint density at radius 2 is 2.39 bits per heavy atom.